The normalized spacial score (nSPS) is 30.9. The minimum absolute atomic E-state index is 0.115. The molecule has 2 fully saturated rings. The fraction of sp³-hybridized carbons (Fsp3) is 0.714. The van der Waals surface area contributed by atoms with Gasteiger partial charge in [0.1, 0.15) is 0 Å². The van der Waals surface area contributed by atoms with E-state index >= 15 is 0 Å². The minimum Gasteiger partial charge on any atom is -0.374 e. The van der Waals surface area contributed by atoms with E-state index in [2.05, 4.69) is 41.5 Å². The number of nitrogens with zero attached hydrogens (tertiary/aromatic N) is 3. The second kappa shape index (κ2) is 5.49. The van der Waals surface area contributed by atoms with Gasteiger partial charge in [0, 0.05) is 11.1 Å². The first-order valence-electron chi connectivity index (χ1n) is 7.40. The van der Waals surface area contributed by atoms with Crippen LogP contribution in [0, 0.1) is 16.7 Å². The highest BCUT2D eigenvalue weighted by atomic mass is 32.2. The lowest BCUT2D eigenvalue weighted by Crippen LogP contribution is -2.34. The average Bonchev–Trinajstić information content (AvgIpc) is 3.03. The molecule has 2 bridgehead atoms. The van der Waals surface area contributed by atoms with Crippen molar-refractivity contribution in [3.05, 3.63) is 0 Å². The predicted octanol–water partition coefficient (Wildman–Crippen LogP) is 2.53. The number of hydrazone groups is 1. The number of aromatic nitrogens is 2. The van der Waals surface area contributed by atoms with Gasteiger partial charge in [-0.3, -0.25) is 4.79 Å². The number of fused-ring (bicyclic) bond motifs is 2. The van der Waals surface area contributed by atoms with E-state index in [9.17, 15) is 4.79 Å². The van der Waals surface area contributed by atoms with Gasteiger partial charge >= 0.3 is 0 Å². The van der Waals surface area contributed by atoms with Crippen molar-refractivity contribution in [2.45, 2.75) is 44.4 Å². The minimum atomic E-state index is -0.115. The fourth-order valence-corrected chi connectivity index (χ4v) is 5.09. The number of nitrogens with one attached hydrogen (secondary N) is 1. The molecule has 2 aliphatic carbocycles. The Morgan fingerprint density at radius 2 is 2.27 bits per heavy atom. The van der Waals surface area contributed by atoms with Gasteiger partial charge in [0.05, 0.1) is 5.75 Å². The van der Waals surface area contributed by atoms with E-state index in [-0.39, 0.29) is 22.5 Å². The van der Waals surface area contributed by atoms with Crippen molar-refractivity contribution in [1.82, 2.24) is 15.6 Å². The Bertz CT molecular complexity index is 627. The van der Waals surface area contributed by atoms with Crippen LogP contribution in [0.1, 0.15) is 40.0 Å². The van der Waals surface area contributed by atoms with E-state index in [0.717, 1.165) is 18.6 Å². The van der Waals surface area contributed by atoms with Gasteiger partial charge < -0.3 is 5.73 Å². The number of amides is 1. The van der Waals surface area contributed by atoms with Gasteiger partial charge in [0.2, 0.25) is 5.13 Å². The average molecular weight is 339 g/mol. The van der Waals surface area contributed by atoms with Gasteiger partial charge in [0.25, 0.3) is 5.91 Å². The van der Waals surface area contributed by atoms with Crippen LogP contribution in [0.3, 0.4) is 0 Å². The summed E-state index contributed by atoms with van der Waals surface area (Å²) in [5.74, 6) is 0.844. The highest BCUT2D eigenvalue weighted by Crippen LogP contribution is 2.63. The summed E-state index contributed by atoms with van der Waals surface area (Å²) < 4.78 is 0.702. The molecule has 2 saturated carbocycles. The first-order chi connectivity index (χ1) is 10.3. The Morgan fingerprint density at radius 1 is 1.50 bits per heavy atom. The Morgan fingerprint density at radius 3 is 2.82 bits per heavy atom. The van der Waals surface area contributed by atoms with Gasteiger partial charge in [-0.2, -0.15) is 5.10 Å². The van der Waals surface area contributed by atoms with Crippen molar-refractivity contribution in [2.24, 2.45) is 21.8 Å². The lowest BCUT2D eigenvalue weighted by Gasteiger charge is -2.34. The molecule has 0 spiro atoms. The number of hydrogen-bond acceptors (Lipinski definition) is 7. The summed E-state index contributed by atoms with van der Waals surface area (Å²) >= 11 is 2.61. The van der Waals surface area contributed by atoms with Crippen molar-refractivity contribution < 1.29 is 4.79 Å². The third-order valence-corrected chi connectivity index (χ3v) is 7.46. The van der Waals surface area contributed by atoms with Gasteiger partial charge in [-0.05, 0) is 30.6 Å². The van der Waals surface area contributed by atoms with Gasteiger partial charge in [-0.1, -0.05) is 43.9 Å². The zero-order chi connectivity index (χ0) is 16.0. The molecule has 0 aliphatic heterocycles. The Kier molecular flexibility index (Phi) is 3.92. The first-order valence-corrected chi connectivity index (χ1v) is 9.21. The maximum absolute atomic E-state index is 11.9. The lowest BCUT2D eigenvalue weighted by atomic mass is 9.70. The highest BCUT2D eigenvalue weighted by molar-refractivity contribution is 8.01. The fourth-order valence-electron chi connectivity index (χ4n) is 3.67. The van der Waals surface area contributed by atoms with Crippen molar-refractivity contribution in [1.29, 1.82) is 0 Å². The number of carbonyl (C=O) groups excluding carboxylic acids is 1. The second-order valence-corrected chi connectivity index (χ2v) is 9.01. The van der Waals surface area contributed by atoms with Crippen LogP contribution in [0.4, 0.5) is 5.13 Å². The van der Waals surface area contributed by atoms with Crippen LogP contribution in [-0.4, -0.2) is 27.6 Å². The summed E-state index contributed by atoms with van der Waals surface area (Å²) in [6, 6.07) is 0. The van der Waals surface area contributed by atoms with E-state index in [0.29, 0.717) is 15.4 Å². The molecule has 0 radical (unpaired) electrons. The van der Waals surface area contributed by atoms with Crippen LogP contribution in [0.15, 0.2) is 9.44 Å². The summed E-state index contributed by atoms with van der Waals surface area (Å²) in [5, 5.41) is 12.5. The van der Waals surface area contributed by atoms with Gasteiger partial charge in [-0.15, -0.1) is 10.2 Å². The van der Waals surface area contributed by atoms with E-state index in [1.165, 1.54) is 29.5 Å². The second-order valence-electron chi connectivity index (χ2n) is 6.78. The zero-order valence-electron chi connectivity index (χ0n) is 13.0. The molecule has 0 saturated heterocycles. The number of thioether (sulfide) groups is 1. The molecule has 3 rings (SSSR count). The Hall–Kier alpha value is -1.15. The third kappa shape index (κ3) is 2.52. The molecule has 2 unspecified atom stereocenters. The molecule has 22 heavy (non-hydrogen) atoms. The third-order valence-electron chi connectivity index (χ3n) is 5.58. The molecule has 1 aromatic heterocycles. The maximum Gasteiger partial charge on any atom is 0.250 e. The Labute approximate surface area is 138 Å². The summed E-state index contributed by atoms with van der Waals surface area (Å²) in [7, 11) is 0. The molecular weight excluding hydrogens is 318 g/mol. The largest absolute Gasteiger partial charge is 0.374 e. The molecule has 1 aromatic rings. The summed E-state index contributed by atoms with van der Waals surface area (Å²) in [5.41, 5.74) is 9.75. The molecule has 120 valence electrons. The van der Waals surface area contributed by atoms with Crippen LogP contribution in [0.25, 0.3) is 0 Å². The van der Waals surface area contributed by atoms with Crippen molar-refractivity contribution in [2.75, 3.05) is 11.5 Å². The lowest BCUT2D eigenvalue weighted by molar-refractivity contribution is -0.118. The summed E-state index contributed by atoms with van der Waals surface area (Å²) in [6.45, 7) is 6.93. The van der Waals surface area contributed by atoms with Crippen LogP contribution in [-0.2, 0) is 4.79 Å². The van der Waals surface area contributed by atoms with Crippen molar-refractivity contribution in [3.8, 4) is 0 Å². The van der Waals surface area contributed by atoms with Crippen LogP contribution < -0.4 is 11.2 Å². The molecule has 3 N–H and O–H groups in total. The quantitative estimate of drug-likeness (QED) is 0.649. The van der Waals surface area contributed by atoms with E-state index < -0.39 is 0 Å². The molecule has 6 nitrogen and oxygen atoms in total. The van der Waals surface area contributed by atoms with Gasteiger partial charge in [-0.25, -0.2) is 5.43 Å². The van der Waals surface area contributed by atoms with Crippen LogP contribution >= 0.6 is 23.1 Å². The van der Waals surface area contributed by atoms with Crippen molar-refractivity contribution >= 4 is 39.8 Å². The van der Waals surface area contributed by atoms with Crippen molar-refractivity contribution in [3.63, 3.8) is 0 Å². The maximum atomic E-state index is 11.9. The molecule has 2 atom stereocenters. The number of nitrogens with two attached hydrogens (primary N) is 1. The number of rotatable bonds is 4. The first kappa shape index (κ1) is 15.7. The van der Waals surface area contributed by atoms with E-state index in [1.54, 1.807) is 0 Å². The number of carbonyl (C=O) groups is 1. The molecule has 1 amide bonds. The predicted molar refractivity (Wildman–Crippen MR) is 89.9 cm³/mol. The molecule has 2 aliphatic rings. The summed E-state index contributed by atoms with van der Waals surface area (Å²) in [4.78, 5) is 11.9. The number of nitrogen functional groups attached to an aromatic ring is 1. The van der Waals surface area contributed by atoms with Crippen LogP contribution in [0.2, 0.25) is 0 Å². The monoisotopic (exact) mass is 339 g/mol. The molecular formula is C14H21N5OS2. The molecule has 0 aromatic carbocycles. The highest BCUT2D eigenvalue weighted by Gasteiger charge is 2.59. The smallest absolute Gasteiger partial charge is 0.250 e. The molecule has 1 heterocycles. The topological polar surface area (TPSA) is 93.3 Å². The molecule has 8 heteroatoms. The standard InChI is InChI=1S/C14H21N5OS2/c1-13(2)8-4-5-14(13,3)9(6-8)16-17-10(20)7-21-12-19-18-11(15)22-12/h8H,4-7H2,1-3H3,(H2,15,18)(H,17,20). The Balaban J connectivity index is 1.57. The van der Waals surface area contributed by atoms with Gasteiger partial charge in [0.15, 0.2) is 4.34 Å². The summed E-state index contributed by atoms with van der Waals surface area (Å²) in [6.07, 6.45) is 3.44. The SMILES string of the molecule is CC12CCC(CC1=NNC(=O)CSc1nnc(N)s1)C2(C)C. The number of anilines is 1. The van der Waals surface area contributed by atoms with E-state index in [1.807, 2.05) is 0 Å². The van der Waals surface area contributed by atoms with E-state index in [4.69, 9.17) is 5.73 Å². The van der Waals surface area contributed by atoms with Crippen LogP contribution in [0.5, 0.6) is 0 Å². The zero-order valence-corrected chi connectivity index (χ0v) is 14.7. The number of hydrogen-bond donors (Lipinski definition) is 2.